The Labute approximate surface area is 163 Å². The maximum absolute atomic E-state index is 12.4. The van der Waals surface area contributed by atoms with Crippen molar-refractivity contribution < 1.29 is 24.3 Å². The Morgan fingerprint density at radius 1 is 1.11 bits per heavy atom. The molecule has 0 saturated heterocycles. The van der Waals surface area contributed by atoms with Gasteiger partial charge in [0.2, 0.25) is 23.6 Å². The Balaban J connectivity index is 2.56. The van der Waals surface area contributed by atoms with Gasteiger partial charge in [-0.25, -0.2) is 4.98 Å². The summed E-state index contributed by atoms with van der Waals surface area (Å²) in [6, 6.07) is -1.06. The van der Waals surface area contributed by atoms with Crippen molar-refractivity contribution in [3.8, 4) is 0 Å². The first kappa shape index (κ1) is 23.1. The van der Waals surface area contributed by atoms with Crippen LogP contribution in [0.5, 0.6) is 0 Å². The van der Waals surface area contributed by atoms with E-state index in [9.17, 15) is 19.2 Å². The smallest absolute Gasteiger partial charge is 0.243 e. The minimum absolute atomic E-state index is 0.0997. The summed E-state index contributed by atoms with van der Waals surface area (Å²) in [6.45, 7) is 1.76. The maximum atomic E-state index is 12.4. The largest absolute Gasteiger partial charge is 0.395 e. The maximum Gasteiger partial charge on any atom is 0.243 e. The van der Waals surface area contributed by atoms with Crippen LogP contribution in [0.4, 0.5) is 0 Å². The lowest BCUT2D eigenvalue weighted by Crippen LogP contribution is -2.49. The quantitative estimate of drug-likeness (QED) is 0.235. The second-order valence-corrected chi connectivity index (χ2v) is 6.22. The number of nitrogens with zero attached hydrogens (tertiary/aromatic N) is 1. The van der Waals surface area contributed by atoms with E-state index in [-0.39, 0.29) is 31.9 Å². The molecule has 11 heteroatoms. The highest BCUT2D eigenvalue weighted by Crippen LogP contribution is 2.03. The number of hydrogen-bond acceptors (Lipinski definition) is 6. The van der Waals surface area contributed by atoms with Crippen LogP contribution in [0, 0.1) is 5.92 Å². The molecule has 6 N–H and O–H groups in total. The number of nitrogens with one attached hydrogen (secondary N) is 5. The summed E-state index contributed by atoms with van der Waals surface area (Å²) in [5.41, 5.74) is 0.773. The van der Waals surface area contributed by atoms with Crippen molar-refractivity contribution in [3.05, 3.63) is 18.2 Å². The van der Waals surface area contributed by atoms with Gasteiger partial charge in [0, 0.05) is 45.1 Å². The summed E-state index contributed by atoms with van der Waals surface area (Å²) in [6.07, 6.45) is 3.37. The van der Waals surface area contributed by atoms with Crippen molar-refractivity contribution in [3.63, 3.8) is 0 Å². The summed E-state index contributed by atoms with van der Waals surface area (Å²) in [7, 11) is 1.43. The number of amides is 4. The van der Waals surface area contributed by atoms with Gasteiger partial charge in [0.1, 0.15) is 6.04 Å². The van der Waals surface area contributed by atoms with Crippen LogP contribution in [0.3, 0.4) is 0 Å². The minimum atomic E-state index is -1.06. The Kier molecular flexibility index (Phi) is 10.3. The Morgan fingerprint density at radius 3 is 2.43 bits per heavy atom. The van der Waals surface area contributed by atoms with Crippen molar-refractivity contribution in [1.82, 2.24) is 31.2 Å². The van der Waals surface area contributed by atoms with E-state index in [2.05, 4.69) is 31.2 Å². The first-order chi connectivity index (χ1) is 13.4. The lowest BCUT2D eigenvalue weighted by Gasteiger charge is -2.19. The van der Waals surface area contributed by atoms with E-state index in [0.29, 0.717) is 13.0 Å². The fourth-order valence-corrected chi connectivity index (χ4v) is 2.34. The van der Waals surface area contributed by atoms with Crippen LogP contribution >= 0.6 is 0 Å². The molecule has 156 valence electrons. The molecule has 0 spiro atoms. The molecule has 0 radical (unpaired) electrons. The van der Waals surface area contributed by atoms with Crippen LogP contribution < -0.4 is 21.3 Å². The average Bonchev–Trinajstić information content (AvgIpc) is 3.18. The normalized spacial score (nSPS) is 12.5. The molecular formula is C17H28N6O5. The minimum Gasteiger partial charge on any atom is -0.395 e. The van der Waals surface area contributed by atoms with Crippen LogP contribution in [-0.2, 0) is 25.6 Å². The highest BCUT2D eigenvalue weighted by Gasteiger charge is 2.25. The molecule has 2 unspecified atom stereocenters. The number of carbonyl (C=O) groups excluding carboxylic acids is 4. The Morgan fingerprint density at radius 2 is 1.82 bits per heavy atom. The molecule has 28 heavy (non-hydrogen) atoms. The number of H-pyrrole nitrogens is 1. The number of aromatic amines is 1. The average molecular weight is 396 g/mol. The molecule has 0 bridgehead atoms. The second kappa shape index (κ2) is 12.4. The molecule has 0 saturated carbocycles. The van der Waals surface area contributed by atoms with Crippen molar-refractivity contribution in [2.45, 2.75) is 32.2 Å². The van der Waals surface area contributed by atoms with Crippen molar-refractivity contribution in [2.24, 2.45) is 5.92 Å². The fraction of sp³-hybridized carbons (Fsp3) is 0.588. The zero-order chi connectivity index (χ0) is 20.9. The SMILES string of the molecule is CNC(=O)CC(NC(=O)CC(C)C(=O)NCCO)C(=O)NCCc1c[nH]cn1. The first-order valence-electron chi connectivity index (χ1n) is 9.01. The monoisotopic (exact) mass is 396 g/mol. The zero-order valence-corrected chi connectivity index (χ0v) is 16.1. The summed E-state index contributed by atoms with van der Waals surface area (Å²) < 4.78 is 0. The zero-order valence-electron chi connectivity index (χ0n) is 16.1. The van der Waals surface area contributed by atoms with Gasteiger partial charge < -0.3 is 31.4 Å². The van der Waals surface area contributed by atoms with Crippen LogP contribution in [0.15, 0.2) is 12.5 Å². The van der Waals surface area contributed by atoms with E-state index < -0.39 is 29.7 Å². The number of aromatic nitrogens is 2. The fourth-order valence-electron chi connectivity index (χ4n) is 2.34. The number of aliphatic hydroxyl groups excluding tert-OH is 1. The van der Waals surface area contributed by atoms with E-state index >= 15 is 0 Å². The predicted molar refractivity (Wildman–Crippen MR) is 99.8 cm³/mol. The number of rotatable bonds is 12. The standard InChI is InChI=1S/C17H28N6O5/c1-11(16(27)21-5-6-24)7-15(26)23-13(8-14(25)18-2)17(28)20-4-3-12-9-19-10-22-12/h9-11,13,24H,3-8H2,1-2H3,(H,18,25)(H,19,22)(H,20,28)(H,21,27)(H,23,26). The lowest BCUT2D eigenvalue weighted by molar-refractivity contribution is -0.133. The molecule has 1 rings (SSSR count). The first-order valence-corrected chi connectivity index (χ1v) is 9.01. The van der Waals surface area contributed by atoms with Gasteiger partial charge in [0.25, 0.3) is 0 Å². The summed E-state index contributed by atoms with van der Waals surface area (Å²) in [5.74, 6) is -2.44. The van der Waals surface area contributed by atoms with Crippen molar-refractivity contribution >= 4 is 23.6 Å². The third-order valence-electron chi connectivity index (χ3n) is 3.91. The second-order valence-electron chi connectivity index (χ2n) is 6.22. The van der Waals surface area contributed by atoms with Crippen molar-refractivity contribution in [1.29, 1.82) is 0 Å². The lowest BCUT2D eigenvalue weighted by atomic mass is 10.1. The molecule has 2 atom stereocenters. The third-order valence-corrected chi connectivity index (χ3v) is 3.91. The number of imidazole rings is 1. The number of carbonyl (C=O) groups is 4. The van der Waals surface area contributed by atoms with Gasteiger partial charge in [-0.2, -0.15) is 0 Å². The van der Waals surface area contributed by atoms with E-state index in [1.54, 1.807) is 13.1 Å². The molecule has 1 heterocycles. The molecule has 0 aliphatic rings. The van der Waals surface area contributed by atoms with Crippen LogP contribution in [0.2, 0.25) is 0 Å². The number of aliphatic hydroxyl groups is 1. The Hall–Kier alpha value is -2.95. The van der Waals surface area contributed by atoms with E-state index in [1.807, 2.05) is 0 Å². The molecule has 0 aliphatic heterocycles. The molecule has 4 amide bonds. The predicted octanol–water partition coefficient (Wildman–Crippen LogP) is -2.18. The van der Waals surface area contributed by atoms with Gasteiger partial charge >= 0.3 is 0 Å². The molecule has 1 aromatic heterocycles. The Bertz CT molecular complexity index is 648. The van der Waals surface area contributed by atoms with Crippen molar-refractivity contribution in [2.75, 3.05) is 26.7 Å². The third kappa shape index (κ3) is 8.62. The van der Waals surface area contributed by atoms with E-state index in [4.69, 9.17) is 5.11 Å². The van der Waals surface area contributed by atoms with Gasteiger partial charge in [0.05, 0.1) is 25.0 Å². The topological polar surface area (TPSA) is 165 Å². The number of hydrogen-bond donors (Lipinski definition) is 6. The molecule has 0 aliphatic carbocycles. The van der Waals surface area contributed by atoms with Gasteiger partial charge in [0.15, 0.2) is 0 Å². The highest BCUT2D eigenvalue weighted by atomic mass is 16.3. The van der Waals surface area contributed by atoms with Crippen LogP contribution in [-0.4, -0.2) is 71.5 Å². The van der Waals surface area contributed by atoms with Crippen LogP contribution in [0.25, 0.3) is 0 Å². The van der Waals surface area contributed by atoms with Gasteiger partial charge in [-0.05, 0) is 0 Å². The molecule has 1 aromatic rings. The van der Waals surface area contributed by atoms with Gasteiger partial charge in [-0.1, -0.05) is 6.92 Å². The molecular weight excluding hydrogens is 368 g/mol. The molecule has 0 aromatic carbocycles. The summed E-state index contributed by atoms with van der Waals surface area (Å²) in [4.78, 5) is 54.9. The summed E-state index contributed by atoms with van der Waals surface area (Å²) >= 11 is 0. The molecule has 0 fully saturated rings. The highest BCUT2D eigenvalue weighted by molar-refractivity contribution is 5.93. The van der Waals surface area contributed by atoms with Crippen LogP contribution in [0.1, 0.15) is 25.5 Å². The van der Waals surface area contributed by atoms with Gasteiger partial charge in [-0.3, -0.25) is 19.2 Å². The molecule has 11 nitrogen and oxygen atoms in total. The summed E-state index contributed by atoms with van der Waals surface area (Å²) in [5, 5.41) is 18.8. The van der Waals surface area contributed by atoms with Gasteiger partial charge in [-0.15, -0.1) is 0 Å². The van der Waals surface area contributed by atoms with E-state index in [0.717, 1.165) is 5.69 Å². The van der Waals surface area contributed by atoms with E-state index in [1.165, 1.54) is 13.4 Å².